The Bertz CT molecular complexity index is 1030. The van der Waals surface area contributed by atoms with Gasteiger partial charge < -0.3 is 13.7 Å². The Balaban J connectivity index is 1.81. The SMILES string of the molecule is CCOP1(=O)CCCP(=O)(c2ccccc2)CCCP(C)(=O)CCN(Cc2ccccc2)CC1. The normalized spacial score (nSPS) is 30.4. The Morgan fingerprint density at radius 2 is 1.35 bits per heavy atom. The molecule has 0 saturated carbocycles. The summed E-state index contributed by atoms with van der Waals surface area (Å²) in [4.78, 5) is 2.28. The topological polar surface area (TPSA) is 63.7 Å². The van der Waals surface area contributed by atoms with Gasteiger partial charge in [-0.05, 0) is 32.0 Å². The highest BCUT2D eigenvalue weighted by atomic mass is 31.2. The Morgan fingerprint density at radius 3 is 2.00 bits per heavy atom. The molecule has 2 aromatic carbocycles. The van der Waals surface area contributed by atoms with Crippen LogP contribution in [0, 0.1) is 0 Å². The van der Waals surface area contributed by atoms with Gasteiger partial charge in [0, 0.05) is 61.9 Å². The van der Waals surface area contributed by atoms with E-state index in [1.165, 1.54) is 5.56 Å². The Hall–Kier alpha value is -0.950. The monoisotopic (exact) mass is 523 g/mol. The van der Waals surface area contributed by atoms with Crippen LogP contribution in [0.1, 0.15) is 25.3 Å². The molecule has 5 nitrogen and oxygen atoms in total. The summed E-state index contributed by atoms with van der Waals surface area (Å²) in [7, 11) is -7.85. The third-order valence-corrected chi connectivity index (χ3v) is 15.0. The van der Waals surface area contributed by atoms with Crippen LogP contribution in [-0.2, 0) is 24.8 Å². The molecule has 0 aromatic heterocycles. The number of rotatable bonds is 5. The van der Waals surface area contributed by atoms with Gasteiger partial charge in [-0.2, -0.15) is 0 Å². The zero-order chi connectivity index (χ0) is 24.5. The van der Waals surface area contributed by atoms with Gasteiger partial charge in [0.15, 0.2) is 0 Å². The molecule has 0 radical (unpaired) electrons. The highest BCUT2D eigenvalue weighted by molar-refractivity contribution is 7.71. The van der Waals surface area contributed by atoms with E-state index in [-0.39, 0.29) is 0 Å². The summed E-state index contributed by atoms with van der Waals surface area (Å²) in [6.45, 7) is 6.27. The Labute approximate surface area is 205 Å². The van der Waals surface area contributed by atoms with Crippen LogP contribution in [0.3, 0.4) is 0 Å². The van der Waals surface area contributed by atoms with Crippen molar-refractivity contribution >= 4 is 27.0 Å². The second-order valence-corrected chi connectivity index (χ2v) is 19.0. The molecule has 188 valence electrons. The number of nitrogens with zero attached hydrogens (tertiary/aromatic N) is 1. The lowest BCUT2D eigenvalue weighted by atomic mass is 10.2. The zero-order valence-corrected chi connectivity index (χ0v) is 23.4. The molecule has 1 heterocycles. The quantitative estimate of drug-likeness (QED) is 0.432. The number of benzene rings is 2. The van der Waals surface area contributed by atoms with E-state index in [0.717, 1.165) is 11.8 Å². The maximum absolute atomic E-state index is 14.0. The molecule has 3 atom stereocenters. The summed E-state index contributed by atoms with van der Waals surface area (Å²) >= 11 is 0. The van der Waals surface area contributed by atoms with Crippen molar-refractivity contribution in [1.82, 2.24) is 4.90 Å². The van der Waals surface area contributed by atoms with Gasteiger partial charge in [-0.25, -0.2) is 0 Å². The molecular formula is C26H40NO4P3. The van der Waals surface area contributed by atoms with Crippen molar-refractivity contribution in [2.75, 3.05) is 63.3 Å². The summed E-state index contributed by atoms with van der Waals surface area (Å²) in [6, 6.07) is 19.9. The first kappa shape index (κ1) is 27.6. The fraction of sp³-hybridized carbons (Fsp3) is 0.538. The van der Waals surface area contributed by atoms with Crippen molar-refractivity contribution in [1.29, 1.82) is 0 Å². The second kappa shape index (κ2) is 12.8. The van der Waals surface area contributed by atoms with E-state index >= 15 is 0 Å². The first-order chi connectivity index (χ1) is 16.2. The number of hydrogen-bond acceptors (Lipinski definition) is 5. The largest absolute Gasteiger partial charge is 0.329 e. The maximum atomic E-state index is 14.0. The molecule has 0 aliphatic carbocycles. The molecule has 0 bridgehead atoms. The minimum absolute atomic E-state index is 0.413. The Kier molecular flexibility index (Phi) is 10.4. The molecule has 8 heteroatoms. The van der Waals surface area contributed by atoms with Gasteiger partial charge in [0.05, 0.1) is 13.7 Å². The van der Waals surface area contributed by atoms with Gasteiger partial charge in [-0.3, -0.25) is 9.46 Å². The maximum Gasteiger partial charge on any atom is 0.204 e. The molecule has 0 spiro atoms. The highest BCUT2D eigenvalue weighted by Gasteiger charge is 2.30. The predicted octanol–water partition coefficient (Wildman–Crippen LogP) is 6.28. The molecule has 3 unspecified atom stereocenters. The fourth-order valence-electron chi connectivity index (χ4n) is 4.64. The smallest absolute Gasteiger partial charge is 0.204 e. The van der Waals surface area contributed by atoms with Crippen LogP contribution in [0.5, 0.6) is 0 Å². The van der Waals surface area contributed by atoms with E-state index in [9.17, 15) is 13.7 Å². The summed E-state index contributed by atoms with van der Waals surface area (Å²) in [5.74, 6) is 0. The average molecular weight is 524 g/mol. The summed E-state index contributed by atoms with van der Waals surface area (Å²) in [6.07, 6.45) is 4.57. The standard InChI is InChI=1S/C26H40NO4P3/c1-3-31-34(30)21-11-20-33(29,26-14-8-5-9-15-26)19-10-18-32(2,28)22-16-27(17-23-34)24-25-12-6-4-7-13-25/h4-9,12-15H,3,10-11,16-24H2,1-2H3. The minimum atomic E-state index is -2.84. The van der Waals surface area contributed by atoms with E-state index in [2.05, 4.69) is 17.0 Å². The van der Waals surface area contributed by atoms with Crippen LogP contribution in [-0.4, -0.2) is 68.2 Å². The van der Waals surface area contributed by atoms with Crippen LogP contribution in [0.25, 0.3) is 0 Å². The van der Waals surface area contributed by atoms with E-state index in [1.54, 1.807) is 0 Å². The van der Waals surface area contributed by atoms with Gasteiger partial charge in [0.1, 0.15) is 7.14 Å². The fourth-order valence-corrected chi connectivity index (χ4v) is 11.9. The van der Waals surface area contributed by atoms with Crippen molar-refractivity contribution in [2.45, 2.75) is 26.3 Å². The van der Waals surface area contributed by atoms with Gasteiger partial charge in [0.25, 0.3) is 0 Å². The molecule has 34 heavy (non-hydrogen) atoms. The highest BCUT2D eigenvalue weighted by Crippen LogP contribution is 2.52. The molecule has 0 amide bonds. The van der Waals surface area contributed by atoms with Crippen LogP contribution < -0.4 is 5.30 Å². The summed E-state index contributed by atoms with van der Waals surface area (Å²) in [5, 5.41) is 0.883. The van der Waals surface area contributed by atoms with E-state index in [1.807, 2.05) is 62.1 Å². The molecule has 1 aliphatic heterocycles. The third-order valence-electron chi connectivity index (χ3n) is 6.65. The molecule has 2 aromatic rings. The molecule has 1 aliphatic rings. The van der Waals surface area contributed by atoms with Crippen LogP contribution in [0.15, 0.2) is 60.7 Å². The average Bonchev–Trinajstić information content (AvgIpc) is 2.82. The lowest BCUT2D eigenvalue weighted by Gasteiger charge is -2.28. The third kappa shape index (κ3) is 8.61. The first-order valence-electron chi connectivity index (χ1n) is 12.4. The van der Waals surface area contributed by atoms with Crippen LogP contribution >= 0.6 is 21.7 Å². The summed E-state index contributed by atoms with van der Waals surface area (Å²) < 4.78 is 47.0. The molecule has 3 rings (SSSR count). The second-order valence-electron chi connectivity index (χ2n) is 9.56. The minimum Gasteiger partial charge on any atom is -0.329 e. The number of hydrogen-bond donors (Lipinski definition) is 0. The molecule has 1 fully saturated rings. The zero-order valence-electron chi connectivity index (χ0n) is 20.7. The van der Waals surface area contributed by atoms with Gasteiger partial charge in [0.2, 0.25) is 7.37 Å². The lowest BCUT2D eigenvalue weighted by Crippen LogP contribution is -2.30. The van der Waals surface area contributed by atoms with Crippen molar-refractivity contribution in [2.24, 2.45) is 0 Å². The molecular weight excluding hydrogens is 483 g/mol. The molecule has 0 N–H and O–H groups in total. The molecule has 1 saturated heterocycles. The van der Waals surface area contributed by atoms with E-state index in [4.69, 9.17) is 4.52 Å². The lowest BCUT2D eigenvalue weighted by molar-refractivity contribution is 0.284. The van der Waals surface area contributed by atoms with Crippen molar-refractivity contribution in [3.05, 3.63) is 66.2 Å². The first-order valence-corrected chi connectivity index (χ1v) is 19.0. The van der Waals surface area contributed by atoms with Crippen molar-refractivity contribution in [3.8, 4) is 0 Å². The van der Waals surface area contributed by atoms with Crippen molar-refractivity contribution < 1.29 is 18.2 Å². The van der Waals surface area contributed by atoms with Crippen LogP contribution in [0.4, 0.5) is 0 Å². The van der Waals surface area contributed by atoms with E-state index < -0.39 is 21.7 Å². The van der Waals surface area contributed by atoms with Crippen molar-refractivity contribution in [3.63, 3.8) is 0 Å². The van der Waals surface area contributed by atoms with Crippen LogP contribution in [0.2, 0.25) is 0 Å². The predicted molar refractivity (Wildman–Crippen MR) is 147 cm³/mol. The van der Waals surface area contributed by atoms with Gasteiger partial charge >= 0.3 is 0 Å². The Morgan fingerprint density at radius 1 is 0.765 bits per heavy atom. The van der Waals surface area contributed by atoms with Gasteiger partial charge in [-0.15, -0.1) is 0 Å². The van der Waals surface area contributed by atoms with Gasteiger partial charge in [-0.1, -0.05) is 60.7 Å². The van der Waals surface area contributed by atoms with E-state index in [0.29, 0.717) is 69.5 Å². The summed E-state index contributed by atoms with van der Waals surface area (Å²) in [5.41, 5.74) is 1.20.